The maximum atomic E-state index is 11.1. The van der Waals surface area contributed by atoms with E-state index in [4.69, 9.17) is 4.52 Å². The molecular weight excluding hydrogens is 292 g/mol. The number of aryl methyl sites for hydroxylation is 1. The highest BCUT2D eigenvalue weighted by atomic mass is 32.2. The molecule has 2 heterocycles. The first kappa shape index (κ1) is 16.4. The molecule has 21 heavy (non-hydrogen) atoms. The van der Waals surface area contributed by atoms with Gasteiger partial charge in [-0.1, -0.05) is 5.16 Å². The molecule has 120 valence electrons. The quantitative estimate of drug-likeness (QED) is 0.755. The van der Waals surface area contributed by atoms with Crippen LogP contribution in [0.15, 0.2) is 4.52 Å². The van der Waals surface area contributed by atoms with E-state index < -0.39 is 9.84 Å². The normalized spacial score (nSPS) is 19.8. The minimum atomic E-state index is -2.85. The average molecular weight is 316 g/mol. The molecule has 1 saturated heterocycles. The fourth-order valence-electron chi connectivity index (χ4n) is 2.56. The Labute approximate surface area is 126 Å². The Morgan fingerprint density at radius 1 is 1.29 bits per heavy atom. The number of aromatic nitrogens is 2. The zero-order valence-corrected chi connectivity index (χ0v) is 13.8. The van der Waals surface area contributed by atoms with Crippen LogP contribution in [0.25, 0.3) is 0 Å². The minimum absolute atomic E-state index is 0.129. The lowest BCUT2D eigenvalue weighted by molar-refractivity contribution is 0.0885. The van der Waals surface area contributed by atoms with Crippen molar-refractivity contribution in [3.05, 3.63) is 11.7 Å². The fourth-order valence-corrected chi connectivity index (χ4v) is 3.22. The van der Waals surface area contributed by atoms with Crippen LogP contribution in [0.1, 0.15) is 31.1 Å². The van der Waals surface area contributed by atoms with E-state index in [0.29, 0.717) is 18.1 Å². The summed E-state index contributed by atoms with van der Waals surface area (Å²) < 4.78 is 27.5. The molecule has 1 aromatic heterocycles. The lowest BCUT2D eigenvalue weighted by atomic mass is 10.2. The van der Waals surface area contributed by atoms with Crippen molar-refractivity contribution in [1.29, 1.82) is 0 Å². The van der Waals surface area contributed by atoms with Crippen LogP contribution in [-0.2, 0) is 9.84 Å². The Hall–Kier alpha value is -0.990. The number of nitrogens with zero attached hydrogens (tertiary/aromatic N) is 4. The van der Waals surface area contributed by atoms with E-state index in [9.17, 15) is 8.42 Å². The van der Waals surface area contributed by atoms with Crippen LogP contribution in [0.3, 0.4) is 0 Å². The molecule has 8 heteroatoms. The average Bonchev–Trinajstić information content (AvgIpc) is 2.84. The number of rotatable bonds is 6. The van der Waals surface area contributed by atoms with Crippen molar-refractivity contribution < 1.29 is 12.9 Å². The lowest BCUT2D eigenvalue weighted by Gasteiger charge is -2.36. The molecule has 0 N–H and O–H groups in total. The maximum absolute atomic E-state index is 11.1. The summed E-state index contributed by atoms with van der Waals surface area (Å²) in [6, 6.07) is 0.129. The van der Waals surface area contributed by atoms with E-state index in [0.717, 1.165) is 32.7 Å². The third-order valence-corrected chi connectivity index (χ3v) is 4.88. The van der Waals surface area contributed by atoms with E-state index in [2.05, 4.69) is 26.9 Å². The maximum Gasteiger partial charge on any atom is 0.243 e. The van der Waals surface area contributed by atoms with Gasteiger partial charge in [0, 0.05) is 32.4 Å². The van der Waals surface area contributed by atoms with Crippen LogP contribution < -0.4 is 0 Å². The van der Waals surface area contributed by atoms with Crippen molar-refractivity contribution in [2.24, 2.45) is 0 Å². The van der Waals surface area contributed by atoms with Crippen LogP contribution >= 0.6 is 0 Å². The molecule has 0 aromatic carbocycles. The molecule has 0 unspecified atom stereocenters. The Morgan fingerprint density at radius 2 is 1.95 bits per heavy atom. The second-order valence-corrected chi connectivity index (χ2v) is 7.98. The summed E-state index contributed by atoms with van der Waals surface area (Å²) in [5.41, 5.74) is 0. The molecule has 0 bridgehead atoms. The first-order chi connectivity index (χ1) is 9.85. The Kier molecular flexibility index (Phi) is 5.34. The van der Waals surface area contributed by atoms with Crippen molar-refractivity contribution in [2.45, 2.75) is 26.3 Å². The molecule has 0 radical (unpaired) electrons. The van der Waals surface area contributed by atoms with E-state index >= 15 is 0 Å². The predicted molar refractivity (Wildman–Crippen MR) is 79.8 cm³/mol. The Morgan fingerprint density at radius 3 is 2.48 bits per heavy atom. The highest BCUT2D eigenvalue weighted by Gasteiger charge is 2.25. The summed E-state index contributed by atoms with van der Waals surface area (Å²) in [6.07, 6.45) is 2.00. The Balaban J connectivity index is 1.75. The molecule has 1 aliphatic heterocycles. The van der Waals surface area contributed by atoms with Crippen molar-refractivity contribution in [2.75, 3.05) is 44.7 Å². The van der Waals surface area contributed by atoms with Gasteiger partial charge in [-0.15, -0.1) is 0 Å². The van der Waals surface area contributed by atoms with Gasteiger partial charge in [-0.25, -0.2) is 8.42 Å². The van der Waals surface area contributed by atoms with Gasteiger partial charge >= 0.3 is 0 Å². The van der Waals surface area contributed by atoms with Gasteiger partial charge in [0.05, 0.1) is 11.8 Å². The summed E-state index contributed by atoms with van der Waals surface area (Å²) in [5, 5.41) is 3.83. The molecule has 1 atom stereocenters. The molecular formula is C13H24N4O3S. The second kappa shape index (κ2) is 6.85. The van der Waals surface area contributed by atoms with E-state index in [1.807, 2.05) is 6.92 Å². The summed E-state index contributed by atoms with van der Waals surface area (Å²) >= 11 is 0. The van der Waals surface area contributed by atoms with Crippen molar-refractivity contribution in [1.82, 2.24) is 19.9 Å². The number of sulfone groups is 1. The molecule has 7 nitrogen and oxygen atoms in total. The number of piperazine rings is 1. The van der Waals surface area contributed by atoms with Gasteiger partial charge < -0.3 is 9.42 Å². The first-order valence-electron chi connectivity index (χ1n) is 7.29. The van der Waals surface area contributed by atoms with Crippen LogP contribution in [0.5, 0.6) is 0 Å². The Bertz CT molecular complexity index is 550. The van der Waals surface area contributed by atoms with Gasteiger partial charge in [0.15, 0.2) is 5.82 Å². The molecule has 0 aliphatic carbocycles. The van der Waals surface area contributed by atoms with Crippen LogP contribution in [0.2, 0.25) is 0 Å². The van der Waals surface area contributed by atoms with Gasteiger partial charge in [-0.3, -0.25) is 4.90 Å². The molecule has 0 amide bonds. The largest absolute Gasteiger partial charge is 0.338 e. The van der Waals surface area contributed by atoms with Crippen LogP contribution in [-0.4, -0.2) is 73.1 Å². The zero-order chi connectivity index (χ0) is 15.5. The van der Waals surface area contributed by atoms with Gasteiger partial charge in [-0.05, 0) is 26.8 Å². The van der Waals surface area contributed by atoms with Crippen LogP contribution in [0.4, 0.5) is 0 Å². The standard InChI is InChI=1S/C13H24N4O3S/c1-11(13-14-12(2)15-20-13)17-8-6-16(7-9-17)5-4-10-21(3,18)19/h11H,4-10H2,1-3H3/t11-/m1/s1. The third kappa shape index (κ3) is 5.05. The van der Waals surface area contributed by atoms with E-state index in [1.165, 1.54) is 6.26 Å². The lowest BCUT2D eigenvalue weighted by Crippen LogP contribution is -2.47. The molecule has 1 aliphatic rings. The van der Waals surface area contributed by atoms with Gasteiger partial charge in [-0.2, -0.15) is 4.98 Å². The molecule has 1 fully saturated rings. The van der Waals surface area contributed by atoms with Crippen molar-refractivity contribution in [3.63, 3.8) is 0 Å². The highest BCUT2D eigenvalue weighted by Crippen LogP contribution is 2.19. The third-order valence-electron chi connectivity index (χ3n) is 3.84. The monoisotopic (exact) mass is 316 g/mol. The van der Waals surface area contributed by atoms with Crippen molar-refractivity contribution >= 4 is 9.84 Å². The summed E-state index contributed by atoms with van der Waals surface area (Å²) in [5.74, 6) is 1.60. The number of hydrogen-bond acceptors (Lipinski definition) is 7. The molecule has 0 saturated carbocycles. The second-order valence-electron chi connectivity index (χ2n) is 5.72. The van der Waals surface area contributed by atoms with Gasteiger partial charge in [0.1, 0.15) is 9.84 Å². The summed E-state index contributed by atoms with van der Waals surface area (Å²) in [7, 11) is -2.85. The van der Waals surface area contributed by atoms with Gasteiger partial charge in [0.2, 0.25) is 5.89 Å². The summed E-state index contributed by atoms with van der Waals surface area (Å²) in [4.78, 5) is 8.91. The van der Waals surface area contributed by atoms with E-state index in [-0.39, 0.29) is 11.8 Å². The smallest absolute Gasteiger partial charge is 0.243 e. The zero-order valence-electron chi connectivity index (χ0n) is 12.9. The van der Waals surface area contributed by atoms with Crippen LogP contribution in [0, 0.1) is 6.92 Å². The predicted octanol–water partition coefficient (Wildman–Crippen LogP) is 0.491. The SMILES string of the molecule is Cc1noc([C@@H](C)N2CCN(CCCS(C)(=O)=O)CC2)n1. The van der Waals surface area contributed by atoms with E-state index in [1.54, 1.807) is 0 Å². The molecule has 1 aromatic rings. The van der Waals surface area contributed by atoms with Crippen molar-refractivity contribution in [3.8, 4) is 0 Å². The summed E-state index contributed by atoms with van der Waals surface area (Å²) in [6.45, 7) is 8.49. The fraction of sp³-hybridized carbons (Fsp3) is 0.846. The molecule has 2 rings (SSSR count). The molecule has 0 spiro atoms. The topological polar surface area (TPSA) is 79.5 Å². The highest BCUT2D eigenvalue weighted by molar-refractivity contribution is 7.90. The minimum Gasteiger partial charge on any atom is -0.338 e. The first-order valence-corrected chi connectivity index (χ1v) is 9.35. The van der Waals surface area contributed by atoms with Gasteiger partial charge in [0.25, 0.3) is 0 Å². The number of hydrogen-bond donors (Lipinski definition) is 0.